The molecule has 7 heteroatoms. The van der Waals surface area contributed by atoms with Crippen molar-refractivity contribution in [3.63, 3.8) is 0 Å². The summed E-state index contributed by atoms with van der Waals surface area (Å²) in [6.07, 6.45) is 5.00. The standard InChI is InChI=1S/C21H25BrN4O2/c1-26(14-20(28)25-18-9-8-17(22)12-23-18)13-19(27)24-15-21(10-5-11-21)16-6-3-2-4-7-16/h2-4,6-9,12H,5,10-11,13-15H2,1H3,(H,24,27)(H,23,25,28). The number of hydrogen-bond donors (Lipinski definition) is 2. The summed E-state index contributed by atoms with van der Waals surface area (Å²) in [4.78, 5) is 30.3. The first-order valence-electron chi connectivity index (χ1n) is 9.39. The van der Waals surface area contributed by atoms with Crippen LogP contribution in [0.3, 0.4) is 0 Å². The van der Waals surface area contributed by atoms with Gasteiger partial charge in [0.25, 0.3) is 0 Å². The van der Waals surface area contributed by atoms with Crippen molar-refractivity contribution in [1.29, 1.82) is 0 Å². The molecule has 1 saturated carbocycles. The van der Waals surface area contributed by atoms with Gasteiger partial charge in [-0.25, -0.2) is 4.98 Å². The highest BCUT2D eigenvalue weighted by Crippen LogP contribution is 2.43. The van der Waals surface area contributed by atoms with E-state index in [1.165, 1.54) is 12.0 Å². The second kappa shape index (κ2) is 9.30. The van der Waals surface area contributed by atoms with Crippen LogP contribution in [-0.4, -0.2) is 48.4 Å². The molecule has 0 radical (unpaired) electrons. The van der Waals surface area contributed by atoms with E-state index >= 15 is 0 Å². The number of carbonyl (C=O) groups excluding carboxylic acids is 2. The van der Waals surface area contributed by atoms with Crippen molar-refractivity contribution in [2.24, 2.45) is 0 Å². The fourth-order valence-corrected chi connectivity index (χ4v) is 3.70. The molecule has 148 valence electrons. The summed E-state index contributed by atoms with van der Waals surface area (Å²) in [6, 6.07) is 13.9. The molecule has 1 aliphatic rings. The van der Waals surface area contributed by atoms with E-state index in [2.05, 4.69) is 43.7 Å². The van der Waals surface area contributed by atoms with Crippen LogP contribution in [0.15, 0.2) is 53.1 Å². The number of nitrogens with zero attached hydrogens (tertiary/aromatic N) is 2. The van der Waals surface area contributed by atoms with Gasteiger partial charge in [0, 0.05) is 22.6 Å². The van der Waals surface area contributed by atoms with Gasteiger partial charge < -0.3 is 10.6 Å². The minimum atomic E-state index is -0.204. The summed E-state index contributed by atoms with van der Waals surface area (Å²) in [6.45, 7) is 0.930. The molecule has 0 aliphatic heterocycles. The van der Waals surface area contributed by atoms with E-state index in [1.807, 2.05) is 24.3 Å². The molecule has 1 aromatic carbocycles. The quantitative estimate of drug-likeness (QED) is 0.656. The predicted molar refractivity (Wildman–Crippen MR) is 113 cm³/mol. The van der Waals surface area contributed by atoms with Crippen LogP contribution in [0, 0.1) is 0 Å². The smallest absolute Gasteiger partial charge is 0.239 e. The second-order valence-electron chi connectivity index (χ2n) is 7.36. The predicted octanol–water partition coefficient (Wildman–Crippen LogP) is 2.95. The molecule has 0 bridgehead atoms. The van der Waals surface area contributed by atoms with Gasteiger partial charge in [0.2, 0.25) is 11.8 Å². The zero-order valence-corrected chi connectivity index (χ0v) is 17.5. The van der Waals surface area contributed by atoms with Crippen molar-refractivity contribution in [2.75, 3.05) is 32.0 Å². The monoisotopic (exact) mass is 444 g/mol. The van der Waals surface area contributed by atoms with Gasteiger partial charge in [0.1, 0.15) is 5.82 Å². The van der Waals surface area contributed by atoms with Crippen LogP contribution in [0.2, 0.25) is 0 Å². The maximum atomic E-state index is 12.3. The van der Waals surface area contributed by atoms with Gasteiger partial charge in [-0.1, -0.05) is 36.8 Å². The Morgan fingerprint density at radius 2 is 1.82 bits per heavy atom. The van der Waals surface area contributed by atoms with E-state index in [4.69, 9.17) is 0 Å². The molecule has 1 aromatic heterocycles. The lowest BCUT2D eigenvalue weighted by molar-refractivity contribution is -0.123. The number of amides is 2. The number of halogens is 1. The third-order valence-corrected chi connectivity index (χ3v) is 5.61. The van der Waals surface area contributed by atoms with Crippen LogP contribution in [0.25, 0.3) is 0 Å². The number of anilines is 1. The van der Waals surface area contributed by atoms with Crippen molar-refractivity contribution in [3.05, 3.63) is 58.7 Å². The molecule has 1 aliphatic carbocycles. The Labute approximate surface area is 173 Å². The van der Waals surface area contributed by atoms with E-state index < -0.39 is 0 Å². The van der Waals surface area contributed by atoms with E-state index in [0.717, 1.165) is 17.3 Å². The molecular weight excluding hydrogens is 420 g/mol. The molecule has 2 aromatic rings. The van der Waals surface area contributed by atoms with Crippen LogP contribution < -0.4 is 10.6 Å². The van der Waals surface area contributed by atoms with Gasteiger partial charge in [-0.3, -0.25) is 14.5 Å². The van der Waals surface area contributed by atoms with Crippen LogP contribution in [0.1, 0.15) is 24.8 Å². The Bertz CT molecular complexity index is 807. The highest BCUT2D eigenvalue weighted by atomic mass is 79.9. The lowest BCUT2D eigenvalue weighted by atomic mass is 9.64. The highest BCUT2D eigenvalue weighted by Gasteiger charge is 2.38. The van der Waals surface area contributed by atoms with Gasteiger partial charge in [0.15, 0.2) is 0 Å². The number of pyridine rings is 1. The first kappa shape index (κ1) is 20.5. The number of carbonyl (C=O) groups is 2. The third kappa shape index (κ3) is 5.39. The number of rotatable bonds is 8. The largest absolute Gasteiger partial charge is 0.354 e. The summed E-state index contributed by atoms with van der Waals surface area (Å²) in [5.74, 6) is 0.213. The van der Waals surface area contributed by atoms with Gasteiger partial charge in [-0.15, -0.1) is 0 Å². The van der Waals surface area contributed by atoms with Gasteiger partial charge in [-0.2, -0.15) is 0 Å². The third-order valence-electron chi connectivity index (χ3n) is 5.14. The Morgan fingerprint density at radius 3 is 2.43 bits per heavy atom. The second-order valence-corrected chi connectivity index (χ2v) is 8.27. The van der Waals surface area contributed by atoms with Crippen LogP contribution in [0.5, 0.6) is 0 Å². The summed E-state index contributed by atoms with van der Waals surface area (Å²) < 4.78 is 0.846. The summed E-state index contributed by atoms with van der Waals surface area (Å²) in [5, 5.41) is 5.78. The first-order chi connectivity index (χ1) is 13.5. The van der Waals surface area contributed by atoms with E-state index in [9.17, 15) is 9.59 Å². The summed E-state index contributed by atoms with van der Waals surface area (Å²) in [5.41, 5.74) is 1.34. The topological polar surface area (TPSA) is 74.3 Å². The lowest BCUT2D eigenvalue weighted by Crippen LogP contribution is -2.48. The zero-order valence-electron chi connectivity index (χ0n) is 16.0. The van der Waals surface area contributed by atoms with E-state index in [-0.39, 0.29) is 30.3 Å². The fourth-order valence-electron chi connectivity index (χ4n) is 3.46. The number of aromatic nitrogens is 1. The van der Waals surface area contributed by atoms with Crippen molar-refractivity contribution in [1.82, 2.24) is 15.2 Å². The summed E-state index contributed by atoms with van der Waals surface area (Å²) in [7, 11) is 1.75. The molecular formula is C21H25BrN4O2. The average molecular weight is 445 g/mol. The molecule has 1 fully saturated rings. The van der Waals surface area contributed by atoms with Crippen molar-refractivity contribution >= 4 is 33.6 Å². The molecule has 3 rings (SSSR count). The molecule has 0 unspecified atom stereocenters. The van der Waals surface area contributed by atoms with Crippen molar-refractivity contribution in [3.8, 4) is 0 Å². The molecule has 1 heterocycles. The normalized spacial score (nSPS) is 15.0. The maximum absolute atomic E-state index is 12.3. The minimum Gasteiger partial charge on any atom is -0.354 e. The van der Waals surface area contributed by atoms with Crippen LogP contribution >= 0.6 is 15.9 Å². The van der Waals surface area contributed by atoms with Gasteiger partial charge in [0.05, 0.1) is 13.1 Å². The van der Waals surface area contributed by atoms with E-state index in [0.29, 0.717) is 12.4 Å². The zero-order chi connectivity index (χ0) is 20.0. The number of benzene rings is 1. The fraction of sp³-hybridized carbons (Fsp3) is 0.381. The SMILES string of the molecule is CN(CC(=O)NCC1(c2ccccc2)CCC1)CC(=O)Nc1ccc(Br)cn1. The number of nitrogens with one attached hydrogen (secondary N) is 2. The summed E-state index contributed by atoms with van der Waals surface area (Å²) >= 11 is 3.30. The maximum Gasteiger partial charge on any atom is 0.239 e. The van der Waals surface area contributed by atoms with E-state index in [1.54, 1.807) is 24.2 Å². The minimum absolute atomic E-state index is 0.0557. The van der Waals surface area contributed by atoms with Crippen LogP contribution in [-0.2, 0) is 15.0 Å². The Hall–Kier alpha value is -2.25. The Kier molecular flexibility index (Phi) is 6.80. The molecule has 0 atom stereocenters. The average Bonchev–Trinajstić information content (AvgIpc) is 2.63. The highest BCUT2D eigenvalue weighted by molar-refractivity contribution is 9.10. The molecule has 2 amide bonds. The molecule has 28 heavy (non-hydrogen) atoms. The molecule has 0 saturated heterocycles. The number of likely N-dealkylation sites (N-methyl/N-ethyl adjacent to an activating group) is 1. The Balaban J connectivity index is 1.44. The lowest BCUT2D eigenvalue weighted by Gasteiger charge is -2.42. The molecule has 2 N–H and O–H groups in total. The van der Waals surface area contributed by atoms with Crippen LogP contribution in [0.4, 0.5) is 5.82 Å². The Morgan fingerprint density at radius 1 is 1.11 bits per heavy atom. The number of hydrogen-bond acceptors (Lipinski definition) is 4. The van der Waals surface area contributed by atoms with Gasteiger partial charge >= 0.3 is 0 Å². The van der Waals surface area contributed by atoms with Gasteiger partial charge in [-0.05, 0) is 53.5 Å². The molecule has 6 nitrogen and oxygen atoms in total. The first-order valence-corrected chi connectivity index (χ1v) is 10.2. The van der Waals surface area contributed by atoms with Crippen molar-refractivity contribution in [2.45, 2.75) is 24.7 Å². The van der Waals surface area contributed by atoms with Crippen molar-refractivity contribution < 1.29 is 9.59 Å². The molecule has 0 spiro atoms.